The number of aliphatic carboxylic acids is 1. The van der Waals surface area contributed by atoms with Gasteiger partial charge in [-0.2, -0.15) is 0 Å². The fourth-order valence-corrected chi connectivity index (χ4v) is 3.82. The number of hydrogen-bond acceptors (Lipinski definition) is 2. The van der Waals surface area contributed by atoms with Crippen molar-refractivity contribution >= 4 is 18.4 Å². The first-order valence-electron chi connectivity index (χ1n) is 7.28. The molecule has 0 radical (unpaired) electrons. The monoisotopic (exact) mass is 295 g/mol. The van der Waals surface area contributed by atoms with Crippen LogP contribution in [0.15, 0.2) is 30.3 Å². The average Bonchev–Trinajstić information content (AvgIpc) is 2.79. The van der Waals surface area contributed by atoms with Crippen LogP contribution in [0.5, 0.6) is 0 Å². The third-order valence-corrected chi connectivity index (χ3v) is 4.71. The van der Waals surface area contributed by atoms with E-state index >= 15 is 0 Å². The first-order chi connectivity index (χ1) is 9.25. The molecule has 1 aromatic carbocycles. The summed E-state index contributed by atoms with van der Waals surface area (Å²) in [5, 5.41) is 9.47. The van der Waals surface area contributed by atoms with Crippen molar-refractivity contribution in [3.8, 4) is 0 Å². The molecular formula is C16H22ClNO2. The van der Waals surface area contributed by atoms with Gasteiger partial charge in [-0.05, 0) is 30.7 Å². The number of halogens is 1. The summed E-state index contributed by atoms with van der Waals surface area (Å²) in [4.78, 5) is 13.7. The largest absolute Gasteiger partial charge is 0.480 e. The van der Waals surface area contributed by atoms with Gasteiger partial charge < -0.3 is 5.11 Å². The van der Waals surface area contributed by atoms with E-state index in [2.05, 4.69) is 17.0 Å². The second kappa shape index (κ2) is 6.59. The molecule has 110 valence electrons. The lowest BCUT2D eigenvalue weighted by Gasteiger charge is -2.33. The highest BCUT2D eigenvalue weighted by atomic mass is 35.5. The normalized spacial score (nSPS) is 29.5. The van der Waals surface area contributed by atoms with E-state index in [1.807, 2.05) is 18.2 Å². The summed E-state index contributed by atoms with van der Waals surface area (Å²) >= 11 is 0. The molecule has 3 unspecified atom stereocenters. The maximum Gasteiger partial charge on any atom is 0.320 e. The molecule has 1 saturated carbocycles. The zero-order valence-electron chi connectivity index (χ0n) is 11.6. The Hall–Kier alpha value is -1.06. The first-order valence-corrected chi connectivity index (χ1v) is 7.28. The standard InChI is InChI=1S/C16H21NO2.ClH/c18-16(19)15-10-13-8-4-5-9-14(13)17(15)11-12-6-2-1-3-7-12;/h1-3,6-7,13-15H,4-5,8-11H2,(H,18,19);1H. The van der Waals surface area contributed by atoms with Crippen LogP contribution in [0, 0.1) is 5.92 Å². The number of hydrogen-bond donors (Lipinski definition) is 1. The van der Waals surface area contributed by atoms with E-state index < -0.39 is 5.97 Å². The van der Waals surface area contributed by atoms with E-state index in [-0.39, 0.29) is 18.4 Å². The zero-order valence-corrected chi connectivity index (χ0v) is 12.4. The van der Waals surface area contributed by atoms with Crippen molar-refractivity contribution in [2.24, 2.45) is 5.92 Å². The number of nitrogens with zero attached hydrogens (tertiary/aromatic N) is 1. The number of fused-ring (bicyclic) bond motifs is 1. The Morgan fingerprint density at radius 3 is 2.60 bits per heavy atom. The topological polar surface area (TPSA) is 40.5 Å². The molecule has 1 aliphatic carbocycles. The Balaban J connectivity index is 0.00000147. The van der Waals surface area contributed by atoms with E-state index in [4.69, 9.17) is 0 Å². The minimum Gasteiger partial charge on any atom is -0.480 e. The van der Waals surface area contributed by atoms with Gasteiger partial charge in [0.25, 0.3) is 0 Å². The average molecular weight is 296 g/mol. The maximum absolute atomic E-state index is 11.5. The van der Waals surface area contributed by atoms with Crippen molar-refractivity contribution in [3.05, 3.63) is 35.9 Å². The van der Waals surface area contributed by atoms with Crippen LogP contribution >= 0.6 is 12.4 Å². The molecule has 1 N–H and O–H groups in total. The van der Waals surface area contributed by atoms with Crippen molar-refractivity contribution in [1.82, 2.24) is 4.90 Å². The van der Waals surface area contributed by atoms with Gasteiger partial charge in [0.05, 0.1) is 0 Å². The highest BCUT2D eigenvalue weighted by Gasteiger charge is 2.44. The highest BCUT2D eigenvalue weighted by molar-refractivity contribution is 5.85. The van der Waals surface area contributed by atoms with E-state index in [0.29, 0.717) is 12.0 Å². The molecule has 3 atom stereocenters. The molecule has 3 rings (SSSR count). The second-order valence-corrected chi connectivity index (χ2v) is 5.86. The Morgan fingerprint density at radius 1 is 1.20 bits per heavy atom. The van der Waals surface area contributed by atoms with Crippen LogP contribution in [0.25, 0.3) is 0 Å². The lowest BCUT2D eigenvalue weighted by molar-refractivity contribution is -0.142. The van der Waals surface area contributed by atoms with Crippen LogP contribution in [-0.2, 0) is 11.3 Å². The molecule has 0 bridgehead atoms. The molecule has 2 aliphatic rings. The van der Waals surface area contributed by atoms with Crippen molar-refractivity contribution in [1.29, 1.82) is 0 Å². The Kier molecular flexibility index (Phi) is 5.06. The third kappa shape index (κ3) is 2.99. The van der Waals surface area contributed by atoms with Crippen molar-refractivity contribution in [3.63, 3.8) is 0 Å². The summed E-state index contributed by atoms with van der Waals surface area (Å²) in [6, 6.07) is 10.4. The van der Waals surface area contributed by atoms with Gasteiger partial charge in [0.1, 0.15) is 6.04 Å². The van der Waals surface area contributed by atoms with Gasteiger partial charge in [-0.25, -0.2) is 0 Å². The van der Waals surface area contributed by atoms with Gasteiger partial charge in [0, 0.05) is 12.6 Å². The summed E-state index contributed by atoms with van der Waals surface area (Å²) < 4.78 is 0. The number of carboxylic acids is 1. The predicted molar refractivity (Wildman–Crippen MR) is 81.0 cm³/mol. The van der Waals surface area contributed by atoms with E-state index in [1.165, 1.54) is 31.2 Å². The lowest BCUT2D eigenvalue weighted by Crippen LogP contribution is -2.41. The van der Waals surface area contributed by atoms with Crippen molar-refractivity contribution in [2.45, 2.75) is 50.7 Å². The fraction of sp³-hybridized carbons (Fsp3) is 0.562. The molecule has 1 saturated heterocycles. The van der Waals surface area contributed by atoms with Crippen molar-refractivity contribution in [2.75, 3.05) is 0 Å². The molecule has 0 aromatic heterocycles. The molecule has 2 fully saturated rings. The number of benzene rings is 1. The minimum atomic E-state index is -0.648. The third-order valence-electron chi connectivity index (χ3n) is 4.71. The fourth-order valence-electron chi connectivity index (χ4n) is 3.82. The maximum atomic E-state index is 11.5. The molecule has 3 nitrogen and oxygen atoms in total. The van der Waals surface area contributed by atoms with Crippen LogP contribution in [-0.4, -0.2) is 28.1 Å². The predicted octanol–water partition coefficient (Wildman–Crippen LogP) is 3.33. The molecule has 20 heavy (non-hydrogen) atoms. The molecule has 1 heterocycles. The molecule has 0 spiro atoms. The van der Waals surface area contributed by atoms with Gasteiger partial charge in [-0.3, -0.25) is 9.69 Å². The highest BCUT2D eigenvalue weighted by Crippen LogP contribution is 2.40. The number of rotatable bonds is 3. The molecule has 0 amide bonds. The number of carbonyl (C=O) groups is 1. The van der Waals surface area contributed by atoms with Crippen LogP contribution in [0.3, 0.4) is 0 Å². The SMILES string of the molecule is Cl.O=C(O)C1CC2CCCCC2N1Cc1ccccc1. The lowest BCUT2D eigenvalue weighted by atomic mass is 9.84. The van der Waals surface area contributed by atoms with Gasteiger partial charge >= 0.3 is 5.97 Å². The summed E-state index contributed by atoms with van der Waals surface area (Å²) in [6.07, 6.45) is 5.74. The van der Waals surface area contributed by atoms with Gasteiger partial charge in [0.2, 0.25) is 0 Å². The Bertz CT molecular complexity index is 451. The summed E-state index contributed by atoms with van der Waals surface area (Å²) in [5.74, 6) is -0.0520. The Morgan fingerprint density at radius 2 is 1.90 bits per heavy atom. The molecule has 1 aromatic rings. The van der Waals surface area contributed by atoms with Crippen LogP contribution < -0.4 is 0 Å². The Labute approximate surface area is 126 Å². The van der Waals surface area contributed by atoms with E-state index in [0.717, 1.165) is 13.0 Å². The van der Waals surface area contributed by atoms with Gasteiger partial charge in [-0.15, -0.1) is 12.4 Å². The smallest absolute Gasteiger partial charge is 0.320 e. The zero-order chi connectivity index (χ0) is 13.2. The second-order valence-electron chi connectivity index (χ2n) is 5.86. The van der Waals surface area contributed by atoms with Crippen LogP contribution in [0.4, 0.5) is 0 Å². The first kappa shape index (κ1) is 15.3. The van der Waals surface area contributed by atoms with Gasteiger partial charge in [0.15, 0.2) is 0 Å². The van der Waals surface area contributed by atoms with Crippen LogP contribution in [0.1, 0.15) is 37.7 Å². The van der Waals surface area contributed by atoms with Crippen LogP contribution in [0.2, 0.25) is 0 Å². The summed E-state index contributed by atoms with van der Waals surface area (Å²) in [6.45, 7) is 0.777. The molecule has 1 aliphatic heterocycles. The molecule has 4 heteroatoms. The van der Waals surface area contributed by atoms with Crippen molar-refractivity contribution < 1.29 is 9.90 Å². The van der Waals surface area contributed by atoms with Gasteiger partial charge in [-0.1, -0.05) is 43.2 Å². The number of likely N-dealkylation sites (tertiary alicyclic amines) is 1. The molecular weight excluding hydrogens is 274 g/mol. The number of carboxylic acid groups (broad SMARTS) is 1. The van der Waals surface area contributed by atoms with E-state index in [1.54, 1.807) is 0 Å². The van der Waals surface area contributed by atoms with E-state index in [9.17, 15) is 9.90 Å². The minimum absolute atomic E-state index is 0. The summed E-state index contributed by atoms with van der Waals surface area (Å²) in [7, 11) is 0. The quantitative estimate of drug-likeness (QED) is 0.930. The summed E-state index contributed by atoms with van der Waals surface area (Å²) in [5.41, 5.74) is 1.22.